The number of carbonyl (C=O) groups is 2. The number of ether oxygens (including phenoxy) is 1. The average molecular weight is 343 g/mol. The zero-order valence-electron chi connectivity index (χ0n) is 13.3. The maximum Gasteiger partial charge on any atom is 0.326 e. The Morgan fingerprint density at radius 2 is 1.78 bits per heavy atom. The van der Waals surface area contributed by atoms with E-state index in [4.69, 9.17) is 9.84 Å². The van der Waals surface area contributed by atoms with Crippen LogP contribution in [0.1, 0.15) is 24.2 Å². The molecule has 0 aromatic heterocycles. The fraction of sp³-hybridized carbons (Fsp3) is 0.467. The number of methoxy groups -OCH3 is 1. The van der Waals surface area contributed by atoms with Crippen LogP contribution in [0, 0.1) is 5.92 Å². The van der Waals surface area contributed by atoms with E-state index in [2.05, 4.69) is 5.32 Å². The predicted octanol–water partition coefficient (Wildman–Crippen LogP) is 0.946. The second kappa shape index (κ2) is 8.07. The van der Waals surface area contributed by atoms with E-state index >= 15 is 0 Å². The van der Waals surface area contributed by atoms with Crippen molar-refractivity contribution < 1.29 is 27.9 Å². The molecule has 0 saturated carbocycles. The lowest BCUT2D eigenvalue weighted by molar-refractivity contribution is -0.140. The highest BCUT2D eigenvalue weighted by molar-refractivity contribution is 7.91. The number of carbonyl (C=O) groups excluding carboxylic acids is 1. The average Bonchev–Trinajstić information content (AvgIpc) is 2.49. The Labute approximate surface area is 135 Å². The molecule has 1 rings (SSSR count). The molecule has 0 fully saturated rings. The van der Waals surface area contributed by atoms with E-state index in [0.717, 1.165) is 0 Å². The van der Waals surface area contributed by atoms with Gasteiger partial charge in [0.1, 0.15) is 6.04 Å². The molecule has 128 valence electrons. The molecule has 0 heterocycles. The van der Waals surface area contributed by atoms with Crippen molar-refractivity contribution in [2.24, 2.45) is 5.92 Å². The van der Waals surface area contributed by atoms with Gasteiger partial charge in [-0.05, 0) is 30.2 Å². The topological polar surface area (TPSA) is 110 Å². The summed E-state index contributed by atoms with van der Waals surface area (Å²) in [5.74, 6) is -2.10. The van der Waals surface area contributed by atoms with Crippen LogP contribution in [-0.4, -0.2) is 50.9 Å². The van der Waals surface area contributed by atoms with Gasteiger partial charge in [0, 0.05) is 12.7 Å². The Kier molecular flexibility index (Phi) is 6.71. The van der Waals surface area contributed by atoms with Crippen LogP contribution in [0.2, 0.25) is 0 Å². The SMILES string of the molecule is COCCS(=O)(=O)c1ccc(C(=O)N[C@@H](C(=O)O)C(C)C)cc1. The molecule has 0 aliphatic rings. The number of carboxylic acid groups (broad SMARTS) is 1. The largest absolute Gasteiger partial charge is 0.480 e. The molecule has 0 aliphatic carbocycles. The van der Waals surface area contributed by atoms with Gasteiger partial charge in [0.25, 0.3) is 5.91 Å². The molecular weight excluding hydrogens is 322 g/mol. The van der Waals surface area contributed by atoms with Gasteiger partial charge in [0.2, 0.25) is 0 Å². The molecule has 1 atom stereocenters. The Morgan fingerprint density at radius 3 is 2.22 bits per heavy atom. The van der Waals surface area contributed by atoms with Gasteiger partial charge in [-0.15, -0.1) is 0 Å². The number of hydrogen-bond donors (Lipinski definition) is 2. The standard InChI is InChI=1S/C15H21NO6S/c1-10(2)13(15(18)19)16-14(17)11-4-6-12(7-5-11)23(20,21)9-8-22-3/h4-7,10,13H,8-9H2,1-3H3,(H,16,17)(H,18,19)/t13-/m1/s1. The third-order valence-electron chi connectivity index (χ3n) is 3.25. The number of sulfone groups is 1. The summed E-state index contributed by atoms with van der Waals surface area (Å²) >= 11 is 0. The first-order chi connectivity index (χ1) is 10.7. The van der Waals surface area contributed by atoms with Crippen molar-refractivity contribution in [1.82, 2.24) is 5.32 Å². The number of amides is 1. The molecule has 0 spiro atoms. The maximum atomic E-state index is 12.1. The first-order valence-corrected chi connectivity index (χ1v) is 8.69. The number of nitrogens with one attached hydrogen (secondary N) is 1. The molecule has 0 saturated heterocycles. The van der Waals surface area contributed by atoms with Crippen LogP contribution in [0.4, 0.5) is 0 Å². The van der Waals surface area contributed by atoms with Gasteiger partial charge >= 0.3 is 5.97 Å². The minimum Gasteiger partial charge on any atom is -0.480 e. The van der Waals surface area contributed by atoms with Crippen molar-refractivity contribution in [3.63, 3.8) is 0 Å². The number of carboxylic acids is 1. The Hall–Kier alpha value is -1.93. The number of hydrogen-bond acceptors (Lipinski definition) is 5. The molecule has 1 amide bonds. The predicted molar refractivity (Wildman–Crippen MR) is 84.1 cm³/mol. The van der Waals surface area contributed by atoms with Crippen LogP contribution in [0.15, 0.2) is 29.2 Å². The van der Waals surface area contributed by atoms with Gasteiger partial charge in [-0.2, -0.15) is 0 Å². The van der Waals surface area contributed by atoms with Gasteiger partial charge in [0.15, 0.2) is 9.84 Å². The normalized spacial score (nSPS) is 12.9. The molecule has 7 nitrogen and oxygen atoms in total. The van der Waals surface area contributed by atoms with Crippen LogP contribution in [0.3, 0.4) is 0 Å². The van der Waals surface area contributed by atoms with Crippen LogP contribution >= 0.6 is 0 Å². The quantitative estimate of drug-likeness (QED) is 0.727. The summed E-state index contributed by atoms with van der Waals surface area (Å²) < 4.78 is 28.7. The summed E-state index contributed by atoms with van der Waals surface area (Å²) in [6.45, 7) is 3.45. The second-order valence-electron chi connectivity index (χ2n) is 5.37. The zero-order valence-corrected chi connectivity index (χ0v) is 14.1. The fourth-order valence-corrected chi connectivity index (χ4v) is 3.04. The van der Waals surface area contributed by atoms with Crippen LogP contribution in [0.5, 0.6) is 0 Å². The maximum absolute atomic E-state index is 12.1. The highest BCUT2D eigenvalue weighted by Crippen LogP contribution is 2.13. The Morgan fingerprint density at radius 1 is 1.22 bits per heavy atom. The molecule has 2 N–H and O–H groups in total. The van der Waals surface area contributed by atoms with Crippen LogP contribution in [0.25, 0.3) is 0 Å². The summed E-state index contributed by atoms with van der Waals surface area (Å²) in [7, 11) is -2.05. The minimum absolute atomic E-state index is 0.0826. The number of benzene rings is 1. The van der Waals surface area contributed by atoms with Crippen LogP contribution in [-0.2, 0) is 19.4 Å². The zero-order chi connectivity index (χ0) is 17.6. The van der Waals surface area contributed by atoms with Gasteiger partial charge in [0.05, 0.1) is 17.3 Å². The van der Waals surface area contributed by atoms with E-state index < -0.39 is 27.8 Å². The van der Waals surface area contributed by atoms with Crippen molar-refractivity contribution in [2.75, 3.05) is 19.5 Å². The molecule has 0 radical (unpaired) electrons. The van der Waals surface area contributed by atoms with E-state index in [1.54, 1.807) is 13.8 Å². The Bertz CT molecular complexity index is 651. The van der Waals surface area contributed by atoms with Crippen molar-refractivity contribution in [2.45, 2.75) is 24.8 Å². The molecule has 1 aromatic rings. The lowest BCUT2D eigenvalue weighted by Gasteiger charge is -2.17. The molecular formula is C15H21NO6S. The second-order valence-corrected chi connectivity index (χ2v) is 7.48. The van der Waals surface area contributed by atoms with Gasteiger partial charge < -0.3 is 15.2 Å². The molecule has 1 aromatic carbocycles. The first-order valence-electron chi connectivity index (χ1n) is 7.04. The summed E-state index contributed by atoms with van der Waals surface area (Å²) in [4.78, 5) is 23.2. The van der Waals surface area contributed by atoms with Crippen molar-refractivity contribution in [3.8, 4) is 0 Å². The minimum atomic E-state index is -3.47. The van der Waals surface area contributed by atoms with E-state index in [-0.39, 0.29) is 28.7 Å². The van der Waals surface area contributed by atoms with Crippen LogP contribution < -0.4 is 5.32 Å². The first kappa shape index (κ1) is 19.1. The fourth-order valence-electron chi connectivity index (χ4n) is 1.86. The van der Waals surface area contributed by atoms with Gasteiger partial charge in [-0.3, -0.25) is 4.79 Å². The van der Waals surface area contributed by atoms with Gasteiger partial charge in [-0.1, -0.05) is 13.8 Å². The molecule has 0 unspecified atom stereocenters. The summed E-state index contributed by atoms with van der Waals surface area (Å²) in [6.07, 6.45) is 0. The Balaban J connectivity index is 2.88. The molecule has 8 heteroatoms. The molecule has 23 heavy (non-hydrogen) atoms. The third-order valence-corrected chi connectivity index (χ3v) is 4.95. The van der Waals surface area contributed by atoms with Gasteiger partial charge in [-0.25, -0.2) is 13.2 Å². The summed E-state index contributed by atoms with van der Waals surface area (Å²) in [5, 5.41) is 11.5. The smallest absolute Gasteiger partial charge is 0.326 e. The third kappa shape index (κ3) is 5.33. The number of rotatable bonds is 8. The van der Waals surface area contributed by atoms with E-state index in [0.29, 0.717) is 0 Å². The highest BCUT2D eigenvalue weighted by Gasteiger charge is 2.24. The van der Waals surface area contributed by atoms with E-state index in [9.17, 15) is 18.0 Å². The molecule has 0 bridgehead atoms. The van der Waals surface area contributed by atoms with Crippen molar-refractivity contribution in [1.29, 1.82) is 0 Å². The van der Waals surface area contributed by atoms with E-state index in [1.165, 1.54) is 31.4 Å². The van der Waals surface area contributed by atoms with E-state index in [1.807, 2.05) is 0 Å². The lowest BCUT2D eigenvalue weighted by Crippen LogP contribution is -2.44. The summed E-state index contributed by atoms with van der Waals surface area (Å²) in [6, 6.07) is 4.35. The summed E-state index contributed by atoms with van der Waals surface area (Å²) in [5.41, 5.74) is 0.197. The van der Waals surface area contributed by atoms with Crippen molar-refractivity contribution >= 4 is 21.7 Å². The lowest BCUT2D eigenvalue weighted by atomic mass is 10.0. The highest BCUT2D eigenvalue weighted by atomic mass is 32.2. The van der Waals surface area contributed by atoms with Crippen molar-refractivity contribution in [3.05, 3.63) is 29.8 Å². The molecule has 0 aliphatic heterocycles. The monoisotopic (exact) mass is 343 g/mol. The number of aliphatic carboxylic acids is 1.